The van der Waals surface area contributed by atoms with Crippen LogP contribution in [0.25, 0.3) is 0 Å². The summed E-state index contributed by atoms with van der Waals surface area (Å²) in [6.07, 6.45) is 3.14. The lowest BCUT2D eigenvalue weighted by atomic mass is 10.2. The van der Waals surface area contributed by atoms with Crippen LogP contribution in [0.2, 0.25) is 0 Å². The minimum Gasteiger partial charge on any atom is -0.392 e. The molecule has 1 aromatic rings. The Morgan fingerprint density at radius 1 is 1.65 bits per heavy atom. The van der Waals surface area contributed by atoms with Crippen LogP contribution in [-0.2, 0) is 0 Å². The molecule has 0 fully saturated rings. The van der Waals surface area contributed by atoms with E-state index in [0.717, 1.165) is 12.6 Å². The van der Waals surface area contributed by atoms with Gasteiger partial charge in [0.15, 0.2) is 5.82 Å². The highest BCUT2D eigenvalue weighted by atomic mass is 32.1. The lowest BCUT2D eigenvalue weighted by Gasteiger charge is -2.21. The molecule has 1 heterocycles. The molecule has 0 aromatic carbocycles. The second-order valence-corrected chi connectivity index (χ2v) is 4.07. The molecule has 1 rings (SSSR count). The largest absolute Gasteiger partial charge is 0.392 e. The van der Waals surface area contributed by atoms with Gasteiger partial charge in [-0.25, -0.2) is 4.39 Å². The van der Waals surface area contributed by atoms with Crippen molar-refractivity contribution < 1.29 is 9.18 Å². The first-order valence-electron chi connectivity index (χ1n) is 5.23. The van der Waals surface area contributed by atoms with E-state index in [1.165, 1.54) is 17.2 Å². The number of nitrogens with zero attached hydrogens (tertiary/aromatic N) is 2. The van der Waals surface area contributed by atoms with Crippen molar-refractivity contribution in [3.63, 3.8) is 0 Å². The minimum absolute atomic E-state index is 0.00954. The van der Waals surface area contributed by atoms with Crippen LogP contribution in [0, 0.1) is 5.82 Å². The first-order chi connectivity index (χ1) is 8.06. The average Bonchev–Trinajstić information content (AvgIpc) is 2.28. The number of thiocarbonyl (C=S) groups is 1. The highest BCUT2D eigenvalue weighted by Crippen LogP contribution is 2.09. The molecule has 1 aromatic heterocycles. The van der Waals surface area contributed by atoms with Crippen molar-refractivity contribution in [3.05, 3.63) is 29.8 Å². The molecule has 1 amide bonds. The Morgan fingerprint density at radius 2 is 2.35 bits per heavy atom. The molecule has 17 heavy (non-hydrogen) atoms. The Hall–Kier alpha value is -1.56. The first kappa shape index (κ1) is 13.5. The molecular weight excluding hydrogens is 241 g/mol. The second-order valence-electron chi connectivity index (χ2n) is 3.55. The zero-order valence-electron chi connectivity index (χ0n) is 9.52. The van der Waals surface area contributed by atoms with Crippen molar-refractivity contribution >= 4 is 23.1 Å². The van der Waals surface area contributed by atoms with Crippen LogP contribution in [0.4, 0.5) is 4.39 Å². The summed E-state index contributed by atoms with van der Waals surface area (Å²) in [5.74, 6) is -1.05. The van der Waals surface area contributed by atoms with Crippen molar-refractivity contribution in [2.24, 2.45) is 5.73 Å². The molecule has 0 unspecified atom stereocenters. The van der Waals surface area contributed by atoms with E-state index in [1.807, 2.05) is 6.92 Å². The Labute approximate surface area is 105 Å². The lowest BCUT2D eigenvalue weighted by Crippen LogP contribution is -2.38. The maximum atomic E-state index is 13.4. The summed E-state index contributed by atoms with van der Waals surface area (Å²) >= 11 is 4.77. The molecule has 0 radical (unpaired) electrons. The van der Waals surface area contributed by atoms with Gasteiger partial charge in [0, 0.05) is 12.7 Å². The van der Waals surface area contributed by atoms with Crippen molar-refractivity contribution in [2.45, 2.75) is 13.3 Å². The van der Waals surface area contributed by atoms with Crippen LogP contribution in [0.1, 0.15) is 23.7 Å². The maximum Gasteiger partial charge on any atom is 0.257 e. The highest BCUT2D eigenvalue weighted by molar-refractivity contribution is 7.80. The van der Waals surface area contributed by atoms with Crippen LogP contribution in [0.3, 0.4) is 0 Å². The number of amides is 1. The third kappa shape index (κ3) is 3.74. The van der Waals surface area contributed by atoms with Gasteiger partial charge in [-0.15, -0.1) is 0 Å². The summed E-state index contributed by atoms with van der Waals surface area (Å²) < 4.78 is 13.4. The zero-order valence-corrected chi connectivity index (χ0v) is 10.3. The number of pyridine rings is 1. The summed E-state index contributed by atoms with van der Waals surface area (Å²) in [5, 5.41) is 0. The van der Waals surface area contributed by atoms with Gasteiger partial charge >= 0.3 is 0 Å². The van der Waals surface area contributed by atoms with Gasteiger partial charge in [0.2, 0.25) is 0 Å². The normalized spacial score (nSPS) is 10.0. The number of hydrogen-bond donors (Lipinski definition) is 1. The molecule has 2 N–H and O–H groups in total. The van der Waals surface area contributed by atoms with Gasteiger partial charge in [0.1, 0.15) is 0 Å². The Bertz CT molecular complexity index is 425. The topological polar surface area (TPSA) is 59.2 Å². The van der Waals surface area contributed by atoms with Crippen LogP contribution >= 0.6 is 12.2 Å². The maximum absolute atomic E-state index is 13.4. The van der Waals surface area contributed by atoms with Crippen LogP contribution in [0.5, 0.6) is 0 Å². The van der Waals surface area contributed by atoms with Gasteiger partial charge in [-0.05, 0) is 12.5 Å². The average molecular weight is 255 g/mol. The van der Waals surface area contributed by atoms with E-state index in [2.05, 4.69) is 4.98 Å². The third-order valence-electron chi connectivity index (χ3n) is 2.13. The predicted octanol–water partition coefficient (Wildman–Crippen LogP) is 1.36. The molecule has 6 heteroatoms. The van der Waals surface area contributed by atoms with E-state index >= 15 is 0 Å². The van der Waals surface area contributed by atoms with Crippen molar-refractivity contribution in [1.82, 2.24) is 9.88 Å². The standard InChI is InChI=1S/C11H14FN3OS/c1-2-5-15(7-10(13)17)11(16)8-3-4-14-6-9(8)12/h3-4,6H,2,5,7H2,1H3,(H2,13,17). The van der Waals surface area contributed by atoms with E-state index in [9.17, 15) is 9.18 Å². The summed E-state index contributed by atoms with van der Waals surface area (Å²) in [7, 11) is 0. The van der Waals surface area contributed by atoms with Gasteiger partial charge in [0.25, 0.3) is 5.91 Å². The fourth-order valence-corrected chi connectivity index (χ4v) is 1.59. The fraction of sp³-hybridized carbons (Fsp3) is 0.364. The summed E-state index contributed by atoms with van der Waals surface area (Å²) in [6.45, 7) is 2.56. The monoisotopic (exact) mass is 255 g/mol. The molecule has 0 aliphatic heterocycles. The lowest BCUT2D eigenvalue weighted by molar-refractivity contribution is 0.0775. The number of halogens is 1. The summed E-state index contributed by atoms with van der Waals surface area (Å²) in [4.78, 5) is 17.3. The quantitative estimate of drug-likeness (QED) is 0.807. The number of rotatable bonds is 5. The molecule has 0 aliphatic carbocycles. The van der Waals surface area contributed by atoms with Gasteiger partial charge in [-0.3, -0.25) is 9.78 Å². The van der Waals surface area contributed by atoms with Gasteiger partial charge in [0.05, 0.1) is 23.3 Å². The van der Waals surface area contributed by atoms with Crippen molar-refractivity contribution in [3.8, 4) is 0 Å². The van der Waals surface area contributed by atoms with Gasteiger partial charge in [-0.1, -0.05) is 19.1 Å². The third-order valence-corrected chi connectivity index (χ3v) is 2.26. The first-order valence-corrected chi connectivity index (χ1v) is 5.64. The fourth-order valence-electron chi connectivity index (χ4n) is 1.43. The molecule has 0 saturated heterocycles. The molecule has 92 valence electrons. The smallest absolute Gasteiger partial charge is 0.257 e. The van der Waals surface area contributed by atoms with Crippen LogP contribution < -0.4 is 5.73 Å². The Balaban J connectivity index is 2.91. The zero-order chi connectivity index (χ0) is 12.8. The molecular formula is C11H14FN3OS. The molecule has 0 bridgehead atoms. The molecule has 0 spiro atoms. The van der Waals surface area contributed by atoms with Crippen molar-refractivity contribution in [2.75, 3.05) is 13.1 Å². The number of carbonyl (C=O) groups is 1. The van der Waals surface area contributed by atoms with Gasteiger partial charge < -0.3 is 10.6 Å². The Kier molecular flexibility index (Phi) is 4.96. The van der Waals surface area contributed by atoms with Crippen molar-refractivity contribution in [1.29, 1.82) is 0 Å². The predicted molar refractivity (Wildman–Crippen MR) is 67.2 cm³/mol. The van der Waals surface area contributed by atoms with E-state index in [4.69, 9.17) is 18.0 Å². The van der Waals surface area contributed by atoms with E-state index in [-0.39, 0.29) is 17.1 Å². The van der Waals surface area contributed by atoms with Crippen LogP contribution in [-0.4, -0.2) is 33.9 Å². The second kappa shape index (κ2) is 6.24. The van der Waals surface area contributed by atoms with E-state index in [1.54, 1.807) is 0 Å². The number of hydrogen-bond acceptors (Lipinski definition) is 3. The van der Waals surface area contributed by atoms with Crippen LogP contribution in [0.15, 0.2) is 18.5 Å². The highest BCUT2D eigenvalue weighted by Gasteiger charge is 2.18. The van der Waals surface area contributed by atoms with Gasteiger partial charge in [-0.2, -0.15) is 0 Å². The van der Waals surface area contributed by atoms with E-state index in [0.29, 0.717) is 6.54 Å². The molecule has 0 saturated carbocycles. The summed E-state index contributed by atoms with van der Waals surface area (Å²) in [6, 6.07) is 1.35. The minimum atomic E-state index is -0.637. The number of carbonyl (C=O) groups excluding carboxylic acids is 1. The Morgan fingerprint density at radius 3 is 2.88 bits per heavy atom. The van der Waals surface area contributed by atoms with E-state index < -0.39 is 11.7 Å². The number of nitrogens with two attached hydrogens (primary N) is 1. The molecule has 0 atom stereocenters. The molecule has 0 aliphatic rings. The SMILES string of the molecule is CCCN(CC(N)=S)C(=O)c1ccncc1F. The summed E-state index contributed by atoms with van der Waals surface area (Å²) in [5.41, 5.74) is 5.40. The molecule has 4 nitrogen and oxygen atoms in total. The number of aromatic nitrogens is 1.